The van der Waals surface area contributed by atoms with E-state index in [-0.39, 0.29) is 11.6 Å². The average molecular weight is 338 g/mol. The molecule has 0 saturated carbocycles. The Morgan fingerprint density at radius 3 is 1.91 bits per heavy atom. The molecular weight excluding hydrogens is 305 g/mol. The van der Waals surface area contributed by atoms with Crippen LogP contribution in [0.4, 0.5) is 5.69 Å². The first-order chi connectivity index (χ1) is 10.9. The van der Waals surface area contributed by atoms with Crippen molar-refractivity contribution in [3.63, 3.8) is 0 Å². The Balaban J connectivity index is 3.10. The van der Waals surface area contributed by atoms with Crippen LogP contribution >= 0.6 is 7.26 Å². The monoisotopic (exact) mass is 338 g/mol. The molecule has 0 bridgehead atoms. The predicted molar refractivity (Wildman–Crippen MR) is 104 cm³/mol. The minimum absolute atomic E-state index is 0.156. The van der Waals surface area contributed by atoms with Crippen LogP contribution in [0.2, 0.25) is 0 Å². The van der Waals surface area contributed by atoms with E-state index >= 15 is 0 Å². The molecule has 1 N–H and O–H groups in total. The first-order valence-electron chi connectivity index (χ1n) is 8.70. The number of carbonyl (C=O) groups is 1. The van der Waals surface area contributed by atoms with Gasteiger partial charge in [0.15, 0.2) is 0 Å². The minimum atomic E-state index is -1.22. The molecule has 0 radical (unpaired) electrons. The highest BCUT2D eigenvalue weighted by Gasteiger charge is 2.44. The van der Waals surface area contributed by atoms with Gasteiger partial charge < -0.3 is 10.1 Å². The Labute approximate surface area is 142 Å². The van der Waals surface area contributed by atoms with E-state index in [1.165, 1.54) is 0 Å². The zero-order chi connectivity index (χ0) is 17.6. The van der Waals surface area contributed by atoms with E-state index in [1.807, 2.05) is 26.0 Å². The van der Waals surface area contributed by atoms with Crippen molar-refractivity contribution in [2.75, 3.05) is 30.9 Å². The van der Waals surface area contributed by atoms with E-state index in [2.05, 4.69) is 33.0 Å². The molecule has 130 valence electrons. The summed E-state index contributed by atoms with van der Waals surface area (Å²) in [6.45, 7) is 12.9. The SMILES string of the molecule is CCC(C(=O)Nc1c(C)cc(OC)cc1C)[P+](CC)(CC)CC. The third-order valence-corrected chi connectivity index (χ3v) is 10.9. The molecule has 1 unspecified atom stereocenters. The highest BCUT2D eigenvalue weighted by molar-refractivity contribution is 7.77. The highest BCUT2D eigenvalue weighted by atomic mass is 31.2. The van der Waals surface area contributed by atoms with Gasteiger partial charge in [-0.2, -0.15) is 0 Å². The molecule has 1 aromatic rings. The summed E-state index contributed by atoms with van der Waals surface area (Å²) in [5.74, 6) is 1.03. The predicted octanol–water partition coefficient (Wildman–Crippen LogP) is 5.11. The molecule has 4 heteroatoms. The van der Waals surface area contributed by atoms with Crippen LogP contribution < -0.4 is 10.1 Å². The lowest BCUT2D eigenvalue weighted by atomic mass is 10.1. The molecule has 0 aromatic heterocycles. The Bertz CT molecular complexity index is 507. The van der Waals surface area contributed by atoms with Crippen LogP contribution in [-0.4, -0.2) is 37.2 Å². The van der Waals surface area contributed by atoms with Crippen LogP contribution in [0.25, 0.3) is 0 Å². The van der Waals surface area contributed by atoms with Crippen molar-refractivity contribution in [3.05, 3.63) is 23.3 Å². The van der Waals surface area contributed by atoms with Crippen LogP contribution in [0.5, 0.6) is 5.75 Å². The summed E-state index contributed by atoms with van der Waals surface area (Å²) in [7, 11) is 0.444. The van der Waals surface area contributed by atoms with Gasteiger partial charge in [0.05, 0.1) is 25.6 Å². The summed E-state index contributed by atoms with van der Waals surface area (Å²) in [6, 6.07) is 3.96. The number of aryl methyl sites for hydroxylation is 2. The Kier molecular flexibility index (Phi) is 7.54. The van der Waals surface area contributed by atoms with Gasteiger partial charge in [-0.25, -0.2) is 0 Å². The van der Waals surface area contributed by atoms with Gasteiger partial charge in [-0.15, -0.1) is 0 Å². The number of rotatable bonds is 8. The number of ether oxygens (including phenoxy) is 1. The van der Waals surface area contributed by atoms with Crippen molar-refractivity contribution < 1.29 is 9.53 Å². The second-order valence-electron chi connectivity index (χ2n) is 6.22. The van der Waals surface area contributed by atoms with Crippen molar-refractivity contribution in [1.29, 1.82) is 0 Å². The van der Waals surface area contributed by atoms with Crippen LogP contribution in [-0.2, 0) is 4.79 Å². The van der Waals surface area contributed by atoms with E-state index < -0.39 is 7.26 Å². The van der Waals surface area contributed by atoms with Gasteiger partial charge in [-0.1, -0.05) is 6.92 Å². The fourth-order valence-corrected chi connectivity index (χ4v) is 7.60. The fourth-order valence-electron chi connectivity index (χ4n) is 3.60. The van der Waals surface area contributed by atoms with Crippen molar-refractivity contribution in [2.24, 2.45) is 0 Å². The first-order valence-corrected chi connectivity index (χ1v) is 11.1. The van der Waals surface area contributed by atoms with E-state index in [0.717, 1.165) is 47.5 Å². The number of hydrogen-bond acceptors (Lipinski definition) is 2. The van der Waals surface area contributed by atoms with E-state index in [9.17, 15) is 4.79 Å². The molecule has 1 atom stereocenters. The second-order valence-corrected chi connectivity index (χ2v) is 11.2. The van der Waals surface area contributed by atoms with Gasteiger partial charge in [0.2, 0.25) is 0 Å². The maximum absolute atomic E-state index is 13.0. The average Bonchev–Trinajstić information content (AvgIpc) is 2.55. The molecule has 0 spiro atoms. The van der Waals surface area contributed by atoms with Crippen LogP contribution in [0.3, 0.4) is 0 Å². The molecule has 0 heterocycles. The van der Waals surface area contributed by atoms with Gasteiger partial charge in [0.1, 0.15) is 11.4 Å². The molecule has 0 fully saturated rings. The van der Waals surface area contributed by atoms with E-state index in [0.29, 0.717) is 0 Å². The molecule has 0 aliphatic heterocycles. The van der Waals surface area contributed by atoms with Gasteiger partial charge in [-0.05, 0) is 64.3 Å². The van der Waals surface area contributed by atoms with Crippen molar-refractivity contribution in [3.8, 4) is 5.75 Å². The molecule has 0 aliphatic carbocycles. The summed E-state index contributed by atoms with van der Waals surface area (Å²) in [4.78, 5) is 13.0. The number of benzene rings is 1. The summed E-state index contributed by atoms with van der Waals surface area (Å²) in [5.41, 5.74) is 3.20. The zero-order valence-corrected chi connectivity index (χ0v) is 16.7. The maximum Gasteiger partial charge on any atom is 0.265 e. The highest BCUT2D eigenvalue weighted by Crippen LogP contribution is 2.63. The lowest BCUT2D eigenvalue weighted by Crippen LogP contribution is -2.33. The number of hydrogen-bond donors (Lipinski definition) is 1. The summed E-state index contributed by atoms with van der Waals surface area (Å²) >= 11 is 0. The summed E-state index contributed by atoms with van der Waals surface area (Å²) < 4.78 is 5.30. The molecule has 3 nitrogen and oxygen atoms in total. The number of amides is 1. The lowest BCUT2D eigenvalue weighted by molar-refractivity contribution is -0.115. The van der Waals surface area contributed by atoms with E-state index in [4.69, 9.17) is 4.74 Å². The molecular formula is C19H33NO2P+. The van der Waals surface area contributed by atoms with Crippen molar-refractivity contribution in [2.45, 2.75) is 53.6 Å². The molecule has 1 amide bonds. The van der Waals surface area contributed by atoms with Gasteiger partial charge in [0, 0.05) is 12.9 Å². The normalized spacial score (nSPS) is 12.8. The Morgan fingerprint density at radius 2 is 1.57 bits per heavy atom. The second kappa shape index (κ2) is 8.68. The quantitative estimate of drug-likeness (QED) is 0.669. The van der Waals surface area contributed by atoms with Gasteiger partial charge in [0.25, 0.3) is 5.91 Å². The van der Waals surface area contributed by atoms with Gasteiger partial charge >= 0.3 is 0 Å². The fraction of sp³-hybridized carbons (Fsp3) is 0.632. The maximum atomic E-state index is 13.0. The number of nitrogens with one attached hydrogen (secondary N) is 1. The third kappa shape index (κ3) is 4.26. The third-order valence-electron chi connectivity index (χ3n) is 5.23. The molecule has 23 heavy (non-hydrogen) atoms. The molecule has 1 aromatic carbocycles. The zero-order valence-electron chi connectivity index (χ0n) is 15.8. The molecule has 1 rings (SSSR count). The van der Waals surface area contributed by atoms with Crippen molar-refractivity contribution >= 4 is 18.9 Å². The summed E-state index contributed by atoms with van der Waals surface area (Å²) in [5, 5.41) is 3.22. The number of anilines is 1. The summed E-state index contributed by atoms with van der Waals surface area (Å²) in [6.07, 6.45) is 4.36. The molecule has 0 aliphatic rings. The van der Waals surface area contributed by atoms with Crippen LogP contribution in [0.1, 0.15) is 45.2 Å². The Hall–Kier alpha value is -1.08. The van der Waals surface area contributed by atoms with Gasteiger partial charge in [-0.3, -0.25) is 4.79 Å². The number of methoxy groups -OCH3 is 1. The minimum Gasteiger partial charge on any atom is -0.497 e. The largest absolute Gasteiger partial charge is 0.497 e. The van der Waals surface area contributed by atoms with Crippen LogP contribution in [0.15, 0.2) is 12.1 Å². The van der Waals surface area contributed by atoms with Crippen molar-refractivity contribution in [1.82, 2.24) is 0 Å². The van der Waals surface area contributed by atoms with E-state index in [1.54, 1.807) is 7.11 Å². The topological polar surface area (TPSA) is 38.3 Å². The standard InChI is InChI=1S/C19H32NO2P/c1-8-17(23(9-2,10-3)11-4)19(21)20-18-14(5)12-16(22-7)13-15(18)6/h12-13,17H,8-11H2,1-7H3/p+1. The molecule has 0 saturated heterocycles. The lowest BCUT2D eigenvalue weighted by Gasteiger charge is -2.31. The number of carbonyl (C=O) groups excluding carboxylic acids is 1. The van der Waals surface area contributed by atoms with Crippen LogP contribution in [0, 0.1) is 13.8 Å². The first kappa shape index (κ1) is 20.0. The Morgan fingerprint density at radius 1 is 1.09 bits per heavy atom. The smallest absolute Gasteiger partial charge is 0.265 e.